The highest BCUT2D eigenvalue weighted by molar-refractivity contribution is 5.95. The third-order valence-electron chi connectivity index (χ3n) is 8.22. The number of nitrogens with two attached hydrogens (primary N) is 1. The maximum Gasteiger partial charge on any atom is 0.387 e. The van der Waals surface area contributed by atoms with Crippen LogP contribution in [0.1, 0.15) is 67.9 Å². The van der Waals surface area contributed by atoms with E-state index in [0.717, 1.165) is 38.8 Å². The molecule has 5 rings (SSSR count). The number of likely N-dealkylation sites (tertiary alicyclic amines) is 1. The summed E-state index contributed by atoms with van der Waals surface area (Å²) in [5.74, 6) is 0.209. The lowest BCUT2D eigenvalue weighted by Gasteiger charge is -2.53. The number of carbonyl (C=O) groups excluding carboxylic acids is 2. The molecule has 1 amide bonds. The van der Waals surface area contributed by atoms with Crippen molar-refractivity contribution in [2.24, 2.45) is 11.7 Å². The molecule has 0 radical (unpaired) electrons. The Labute approximate surface area is 225 Å². The van der Waals surface area contributed by atoms with Gasteiger partial charge in [0.05, 0.1) is 35.7 Å². The predicted octanol–water partition coefficient (Wildman–Crippen LogP) is 3.81. The lowest BCUT2D eigenvalue weighted by atomic mass is 9.76. The highest BCUT2D eigenvalue weighted by Crippen LogP contribution is 2.42. The first-order valence-corrected chi connectivity index (χ1v) is 13.4. The topological polar surface area (TPSA) is 123 Å². The molecule has 2 aliphatic carbocycles. The third kappa shape index (κ3) is 5.91. The number of carbonyl (C=O) groups is 2. The minimum absolute atomic E-state index is 0.0597. The minimum Gasteiger partial charge on any atom is -0.485 e. The van der Waals surface area contributed by atoms with Gasteiger partial charge in [0.25, 0.3) is 5.91 Å². The fourth-order valence-electron chi connectivity index (χ4n) is 5.95. The number of benzene rings is 1. The largest absolute Gasteiger partial charge is 0.485 e. The molecule has 39 heavy (non-hydrogen) atoms. The Bertz CT molecular complexity index is 1250. The number of nitrogens with zero attached hydrogens (tertiary/aromatic N) is 4. The van der Waals surface area contributed by atoms with Gasteiger partial charge in [-0.2, -0.15) is 19.1 Å². The summed E-state index contributed by atoms with van der Waals surface area (Å²) in [4.78, 5) is 26.9. The average molecular weight is 542 g/mol. The van der Waals surface area contributed by atoms with Gasteiger partial charge in [-0.25, -0.2) is 0 Å². The fourth-order valence-corrected chi connectivity index (χ4v) is 5.95. The van der Waals surface area contributed by atoms with Crippen molar-refractivity contribution in [3.63, 3.8) is 0 Å². The summed E-state index contributed by atoms with van der Waals surface area (Å²) >= 11 is 0. The molecule has 2 aromatic rings. The Hall–Kier alpha value is -3.52. The second kappa shape index (κ2) is 10.6. The van der Waals surface area contributed by atoms with Gasteiger partial charge in [0.1, 0.15) is 22.9 Å². The summed E-state index contributed by atoms with van der Waals surface area (Å²) in [6, 6.07) is 8.79. The summed E-state index contributed by atoms with van der Waals surface area (Å²) in [6.45, 7) is 0.599. The molecule has 1 aliphatic heterocycles. The lowest BCUT2D eigenvalue weighted by molar-refractivity contribution is -0.119. The quantitative estimate of drug-likeness (QED) is 0.459. The van der Waals surface area contributed by atoms with Crippen molar-refractivity contribution in [1.82, 2.24) is 14.7 Å². The number of halogens is 2. The number of aromatic nitrogens is 2. The lowest BCUT2D eigenvalue weighted by Crippen LogP contribution is -2.66. The van der Waals surface area contributed by atoms with E-state index in [1.807, 2.05) is 6.92 Å². The van der Waals surface area contributed by atoms with E-state index >= 15 is 0 Å². The summed E-state index contributed by atoms with van der Waals surface area (Å²) in [6.07, 6.45) is 6.85. The Balaban J connectivity index is 1.20. The van der Waals surface area contributed by atoms with Crippen LogP contribution in [-0.4, -0.2) is 57.7 Å². The zero-order valence-corrected chi connectivity index (χ0v) is 21.9. The minimum atomic E-state index is -2.87. The van der Waals surface area contributed by atoms with Gasteiger partial charge in [-0.1, -0.05) is 0 Å². The van der Waals surface area contributed by atoms with Gasteiger partial charge in [0, 0.05) is 31.2 Å². The SMILES string of the molecule is CC1(Oc2ccc(OC(F)F)cc2)CN(C2CCC(CC#N)(n3cc(C(N)=O)c(CC(=O)C4CC4)n3)CC2)C1. The number of hydrogen-bond donors (Lipinski definition) is 1. The first-order valence-electron chi connectivity index (χ1n) is 13.4. The first kappa shape index (κ1) is 27.1. The number of hydrogen-bond acceptors (Lipinski definition) is 7. The molecule has 1 aromatic heterocycles. The van der Waals surface area contributed by atoms with Crippen LogP contribution in [0, 0.1) is 17.2 Å². The van der Waals surface area contributed by atoms with E-state index < -0.39 is 23.7 Å². The van der Waals surface area contributed by atoms with E-state index in [1.165, 1.54) is 12.1 Å². The Morgan fingerprint density at radius 3 is 2.36 bits per heavy atom. The van der Waals surface area contributed by atoms with E-state index in [2.05, 4.69) is 20.8 Å². The van der Waals surface area contributed by atoms with E-state index in [9.17, 15) is 23.6 Å². The number of rotatable bonds is 11. The van der Waals surface area contributed by atoms with Crippen molar-refractivity contribution >= 4 is 11.7 Å². The number of alkyl halides is 2. The number of primary amides is 1. The molecule has 9 nitrogen and oxygen atoms in total. The van der Waals surface area contributed by atoms with Crippen LogP contribution in [-0.2, 0) is 16.8 Å². The van der Waals surface area contributed by atoms with Gasteiger partial charge < -0.3 is 15.2 Å². The molecule has 0 bridgehead atoms. The van der Waals surface area contributed by atoms with Crippen molar-refractivity contribution in [3.8, 4) is 17.6 Å². The zero-order chi connectivity index (χ0) is 27.8. The fraction of sp³-hybridized carbons (Fsp3) is 0.571. The summed E-state index contributed by atoms with van der Waals surface area (Å²) < 4.78 is 37.0. The number of amides is 1. The Morgan fingerprint density at radius 1 is 1.15 bits per heavy atom. The number of nitriles is 1. The molecule has 0 atom stereocenters. The highest BCUT2D eigenvalue weighted by atomic mass is 19.3. The zero-order valence-electron chi connectivity index (χ0n) is 21.9. The standard InChI is InChI=1S/C28H33F2N5O4/c1-27(39-21-6-4-20(5-7-21)38-26(29)30)16-34(17-27)19-8-10-28(11-9-19,12-13-31)35-15-22(25(32)37)23(33-35)14-24(36)18-2-3-18/h4-7,15,18-19,26H,2-3,8-12,14,16-17H2,1H3,(H2,32,37). The molecule has 2 saturated carbocycles. The van der Waals surface area contributed by atoms with Gasteiger partial charge in [-0.15, -0.1) is 0 Å². The highest BCUT2D eigenvalue weighted by Gasteiger charge is 2.47. The van der Waals surface area contributed by atoms with Crippen LogP contribution >= 0.6 is 0 Å². The Kier molecular flexibility index (Phi) is 7.33. The van der Waals surface area contributed by atoms with Gasteiger partial charge in [0.15, 0.2) is 0 Å². The molecular formula is C28H33F2N5O4. The summed E-state index contributed by atoms with van der Waals surface area (Å²) in [5.41, 5.74) is 5.33. The summed E-state index contributed by atoms with van der Waals surface area (Å²) in [7, 11) is 0. The van der Waals surface area contributed by atoms with Crippen molar-refractivity contribution in [1.29, 1.82) is 5.26 Å². The van der Waals surface area contributed by atoms with Crippen molar-refractivity contribution in [2.45, 2.75) is 82.1 Å². The third-order valence-corrected chi connectivity index (χ3v) is 8.22. The van der Waals surface area contributed by atoms with Gasteiger partial charge in [-0.05, 0) is 69.7 Å². The maximum atomic E-state index is 12.4. The van der Waals surface area contributed by atoms with Crippen LogP contribution in [0.2, 0.25) is 0 Å². The van der Waals surface area contributed by atoms with Crippen LogP contribution in [0.25, 0.3) is 0 Å². The molecule has 0 spiro atoms. The molecule has 0 unspecified atom stereocenters. The molecule has 208 valence electrons. The normalized spacial score (nSPS) is 24.5. The van der Waals surface area contributed by atoms with Crippen LogP contribution in [0.15, 0.2) is 30.5 Å². The van der Waals surface area contributed by atoms with Crippen LogP contribution < -0.4 is 15.2 Å². The molecule has 2 heterocycles. The van der Waals surface area contributed by atoms with Crippen LogP contribution in [0.4, 0.5) is 8.78 Å². The van der Waals surface area contributed by atoms with E-state index in [1.54, 1.807) is 23.0 Å². The van der Waals surface area contributed by atoms with Gasteiger partial charge in [0.2, 0.25) is 0 Å². The summed E-state index contributed by atoms with van der Waals surface area (Å²) in [5, 5.41) is 14.3. The van der Waals surface area contributed by atoms with Crippen LogP contribution in [0.3, 0.4) is 0 Å². The number of ether oxygens (including phenoxy) is 2. The predicted molar refractivity (Wildman–Crippen MR) is 136 cm³/mol. The van der Waals surface area contributed by atoms with E-state index in [4.69, 9.17) is 10.5 Å². The maximum absolute atomic E-state index is 12.4. The van der Waals surface area contributed by atoms with Gasteiger partial charge in [-0.3, -0.25) is 19.2 Å². The molecule has 11 heteroatoms. The van der Waals surface area contributed by atoms with E-state index in [0.29, 0.717) is 30.3 Å². The van der Waals surface area contributed by atoms with Crippen LogP contribution in [0.5, 0.6) is 11.5 Å². The Morgan fingerprint density at radius 2 is 1.79 bits per heavy atom. The van der Waals surface area contributed by atoms with Gasteiger partial charge >= 0.3 is 6.61 Å². The molecule has 1 aromatic carbocycles. The van der Waals surface area contributed by atoms with Crippen molar-refractivity contribution in [3.05, 3.63) is 41.7 Å². The molecule has 1 saturated heterocycles. The number of Topliss-reactive ketones (excluding diaryl/α,β-unsaturated/α-hetero) is 1. The average Bonchev–Trinajstić information content (AvgIpc) is 3.64. The second-order valence-electron chi connectivity index (χ2n) is 11.3. The molecule has 3 fully saturated rings. The molecule has 2 N–H and O–H groups in total. The second-order valence-corrected chi connectivity index (χ2v) is 11.3. The first-order chi connectivity index (χ1) is 18.6. The van der Waals surface area contributed by atoms with E-state index in [-0.39, 0.29) is 35.9 Å². The van der Waals surface area contributed by atoms with Crippen molar-refractivity contribution in [2.75, 3.05) is 13.1 Å². The monoisotopic (exact) mass is 541 g/mol. The molecular weight excluding hydrogens is 508 g/mol. The number of ketones is 1. The smallest absolute Gasteiger partial charge is 0.387 e. The molecule has 3 aliphatic rings. The van der Waals surface area contributed by atoms with Crippen molar-refractivity contribution < 1.29 is 27.8 Å².